The van der Waals surface area contributed by atoms with Crippen LogP contribution >= 0.6 is 0 Å². The van der Waals surface area contributed by atoms with Crippen molar-refractivity contribution in [3.8, 4) is 0 Å². The van der Waals surface area contributed by atoms with Gasteiger partial charge in [-0.3, -0.25) is 9.52 Å². The fourth-order valence-electron chi connectivity index (χ4n) is 2.31. The number of hydrogen-bond acceptors (Lipinski definition) is 4. The fraction of sp³-hybridized carbons (Fsp3) is 0.278. The van der Waals surface area contributed by atoms with Gasteiger partial charge >= 0.3 is 0 Å². The first kappa shape index (κ1) is 19.9. The summed E-state index contributed by atoms with van der Waals surface area (Å²) in [5, 5.41) is 5.76. The molecule has 140 valence electrons. The Labute approximate surface area is 152 Å². The molecule has 0 bridgehead atoms. The van der Waals surface area contributed by atoms with Crippen LogP contribution in [0.2, 0.25) is 0 Å². The summed E-state index contributed by atoms with van der Waals surface area (Å²) in [5.41, 5.74) is 1.22. The van der Waals surface area contributed by atoms with Gasteiger partial charge in [-0.15, -0.1) is 0 Å². The van der Waals surface area contributed by atoms with E-state index in [0.29, 0.717) is 17.7 Å². The van der Waals surface area contributed by atoms with Gasteiger partial charge in [0.15, 0.2) is 0 Å². The molecule has 0 radical (unpaired) electrons. The van der Waals surface area contributed by atoms with Crippen LogP contribution in [0.25, 0.3) is 0 Å². The van der Waals surface area contributed by atoms with Crippen LogP contribution in [-0.4, -0.2) is 34.5 Å². The molecule has 0 aromatic heterocycles. The number of carbonyl (C=O) groups is 1. The molecule has 26 heavy (non-hydrogen) atoms. The summed E-state index contributed by atoms with van der Waals surface area (Å²) >= 11 is 0. The maximum absolute atomic E-state index is 13.0. The quantitative estimate of drug-likeness (QED) is 0.614. The van der Waals surface area contributed by atoms with Crippen molar-refractivity contribution >= 4 is 21.6 Å². The molecule has 0 aliphatic carbocycles. The minimum Gasteiger partial charge on any atom is -0.352 e. The molecule has 3 N–H and O–H groups in total. The SMILES string of the molecule is CNCCCNC(=O)c1cc(S(=O)(=O)Nc2ccc(F)cc2)ccc1C. The molecule has 2 rings (SSSR count). The summed E-state index contributed by atoms with van der Waals surface area (Å²) in [6.45, 7) is 3.01. The summed E-state index contributed by atoms with van der Waals surface area (Å²) in [7, 11) is -2.06. The third-order valence-electron chi connectivity index (χ3n) is 3.75. The number of hydrogen-bond donors (Lipinski definition) is 3. The Bertz CT molecular complexity index is 868. The van der Waals surface area contributed by atoms with Gasteiger partial charge in [-0.05, 0) is 68.9 Å². The number of benzene rings is 2. The summed E-state index contributed by atoms with van der Waals surface area (Å²) in [5.74, 6) is -0.780. The van der Waals surface area contributed by atoms with Crippen LogP contribution in [0.1, 0.15) is 22.3 Å². The molecule has 0 heterocycles. The van der Waals surface area contributed by atoms with Gasteiger partial charge in [0, 0.05) is 17.8 Å². The molecule has 2 aromatic carbocycles. The van der Waals surface area contributed by atoms with E-state index in [-0.39, 0.29) is 16.5 Å². The molecule has 0 saturated heterocycles. The summed E-state index contributed by atoms with van der Waals surface area (Å²) < 4.78 is 40.4. The normalized spacial score (nSPS) is 11.2. The average Bonchev–Trinajstić information content (AvgIpc) is 2.60. The van der Waals surface area contributed by atoms with Crippen LogP contribution in [-0.2, 0) is 10.0 Å². The monoisotopic (exact) mass is 379 g/mol. The predicted octanol–water partition coefficient (Wildman–Crippen LogP) is 2.27. The first-order valence-electron chi connectivity index (χ1n) is 8.15. The number of sulfonamides is 1. The zero-order valence-corrected chi connectivity index (χ0v) is 15.5. The number of aryl methyl sites for hydroxylation is 1. The third-order valence-corrected chi connectivity index (χ3v) is 5.13. The number of amides is 1. The Morgan fingerprint density at radius 1 is 1.08 bits per heavy atom. The van der Waals surface area contributed by atoms with Crippen LogP contribution in [0.15, 0.2) is 47.4 Å². The molecule has 0 aliphatic rings. The Hall–Kier alpha value is -2.45. The van der Waals surface area contributed by atoms with Crippen LogP contribution < -0.4 is 15.4 Å². The van der Waals surface area contributed by atoms with Gasteiger partial charge in [0.25, 0.3) is 15.9 Å². The minimum atomic E-state index is -3.89. The van der Waals surface area contributed by atoms with Crippen molar-refractivity contribution in [3.63, 3.8) is 0 Å². The van der Waals surface area contributed by atoms with Crippen molar-refractivity contribution in [3.05, 3.63) is 59.4 Å². The number of anilines is 1. The molecule has 0 saturated carbocycles. The standard InChI is InChI=1S/C18H22FN3O3S/c1-13-4-9-16(12-17(13)18(23)21-11-3-10-20-2)26(24,25)22-15-7-5-14(19)6-8-15/h4-9,12,20,22H,3,10-11H2,1-2H3,(H,21,23). The van der Waals surface area contributed by atoms with E-state index in [0.717, 1.165) is 25.1 Å². The van der Waals surface area contributed by atoms with Gasteiger partial charge in [0.2, 0.25) is 0 Å². The Balaban J connectivity index is 2.18. The molecular formula is C18H22FN3O3S. The van der Waals surface area contributed by atoms with Crippen LogP contribution in [0.4, 0.5) is 10.1 Å². The van der Waals surface area contributed by atoms with E-state index in [9.17, 15) is 17.6 Å². The smallest absolute Gasteiger partial charge is 0.261 e. The number of nitrogens with one attached hydrogen (secondary N) is 3. The first-order chi connectivity index (χ1) is 12.3. The van der Waals surface area contributed by atoms with E-state index >= 15 is 0 Å². The molecule has 0 unspecified atom stereocenters. The first-order valence-corrected chi connectivity index (χ1v) is 9.63. The highest BCUT2D eigenvalue weighted by molar-refractivity contribution is 7.92. The molecule has 0 atom stereocenters. The molecule has 0 fully saturated rings. The van der Waals surface area contributed by atoms with Crippen molar-refractivity contribution in [2.45, 2.75) is 18.2 Å². The van der Waals surface area contributed by atoms with E-state index in [1.807, 2.05) is 7.05 Å². The van der Waals surface area contributed by atoms with Gasteiger partial charge in [-0.25, -0.2) is 12.8 Å². The lowest BCUT2D eigenvalue weighted by atomic mass is 10.1. The Morgan fingerprint density at radius 2 is 1.77 bits per heavy atom. The van der Waals surface area contributed by atoms with Gasteiger partial charge < -0.3 is 10.6 Å². The van der Waals surface area contributed by atoms with Crippen LogP contribution in [0.5, 0.6) is 0 Å². The molecule has 0 spiro atoms. The molecule has 0 aliphatic heterocycles. The number of rotatable bonds is 8. The second-order valence-corrected chi connectivity index (χ2v) is 7.48. The minimum absolute atomic E-state index is 0.0344. The van der Waals surface area contributed by atoms with Gasteiger partial charge in [0.1, 0.15) is 5.82 Å². The van der Waals surface area contributed by atoms with Crippen LogP contribution in [0.3, 0.4) is 0 Å². The van der Waals surface area contributed by atoms with Gasteiger partial charge in [-0.2, -0.15) is 0 Å². The van der Waals surface area contributed by atoms with E-state index in [4.69, 9.17) is 0 Å². The highest BCUT2D eigenvalue weighted by Gasteiger charge is 2.18. The second-order valence-electron chi connectivity index (χ2n) is 5.80. The number of halogens is 1. The molecule has 1 amide bonds. The van der Waals surface area contributed by atoms with Gasteiger partial charge in [-0.1, -0.05) is 6.07 Å². The zero-order valence-electron chi connectivity index (χ0n) is 14.7. The van der Waals surface area contributed by atoms with Crippen molar-refractivity contribution in [1.82, 2.24) is 10.6 Å². The maximum Gasteiger partial charge on any atom is 0.261 e. The zero-order chi connectivity index (χ0) is 19.2. The molecule has 6 nitrogen and oxygen atoms in total. The van der Waals surface area contributed by atoms with E-state index < -0.39 is 15.8 Å². The fourth-order valence-corrected chi connectivity index (χ4v) is 3.39. The summed E-state index contributed by atoms with van der Waals surface area (Å²) in [6.07, 6.45) is 0.769. The lowest BCUT2D eigenvalue weighted by molar-refractivity contribution is 0.0952. The van der Waals surface area contributed by atoms with Crippen molar-refractivity contribution in [2.75, 3.05) is 24.9 Å². The van der Waals surface area contributed by atoms with Gasteiger partial charge in [0.05, 0.1) is 4.90 Å². The third kappa shape index (κ3) is 5.27. The molecule has 8 heteroatoms. The average molecular weight is 379 g/mol. The molecule has 2 aromatic rings. The van der Waals surface area contributed by atoms with Crippen molar-refractivity contribution in [1.29, 1.82) is 0 Å². The van der Waals surface area contributed by atoms with Crippen LogP contribution in [0, 0.1) is 12.7 Å². The Morgan fingerprint density at radius 3 is 2.42 bits per heavy atom. The van der Waals surface area contributed by atoms with E-state index in [1.165, 1.54) is 24.3 Å². The predicted molar refractivity (Wildman–Crippen MR) is 99.3 cm³/mol. The maximum atomic E-state index is 13.0. The lowest BCUT2D eigenvalue weighted by Gasteiger charge is -2.12. The highest BCUT2D eigenvalue weighted by Crippen LogP contribution is 2.19. The summed E-state index contributed by atoms with van der Waals surface area (Å²) in [4.78, 5) is 12.3. The van der Waals surface area contributed by atoms with E-state index in [2.05, 4.69) is 15.4 Å². The largest absolute Gasteiger partial charge is 0.352 e. The number of carbonyl (C=O) groups excluding carboxylic acids is 1. The van der Waals surface area contributed by atoms with E-state index in [1.54, 1.807) is 13.0 Å². The highest BCUT2D eigenvalue weighted by atomic mass is 32.2. The lowest BCUT2D eigenvalue weighted by Crippen LogP contribution is -2.27. The molecular weight excluding hydrogens is 357 g/mol. The van der Waals surface area contributed by atoms with Crippen molar-refractivity contribution < 1.29 is 17.6 Å². The topological polar surface area (TPSA) is 87.3 Å². The van der Waals surface area contributed by atoms with Crippen molar-refractivity contribution in [2.24, 2.45) is 0 Å². The second kappa shape index (κ2) is 8.77. The summed E-state index contributed by atoms with van der Waals surface area (Å²) in [6, 6.07) is 9.34. The Kier molecular flexibility index (Phi) is 6.70.